The van der Waals surface area contributed by atoms with Crippen LogP contribution in [-0.2, 0) is 14.8 Å². The van der Waals surface area contributed by atoms with Gasteiger partial charge in [-0.05, 0) is 48.5 Å². The second-order valence-electron chi connectivity index (χ2n) is 6.29. The van der Waals surface area contributed by atoms with Crippen molar-refractivity contribution in [1.82, 2.24) is 4.98 Å². The Morgan fingerprint density at radius 1 is 1.06 bits per heavy atom. The van der Waals surface area contributed by atoms with Crippen molar-refractivity contribution in [1.29, 1.82) is 0 Å². The summed E-state index contributed by atoms with van der Waals surface area (Å²) in [6.07, 6.45) is 3.03. The SMILES string of the molecule is COc1ccc(S(=O)(=O)N(CC(=O)Nc2cccnc2)c2ccc(Cl)cc2)cc1OC. The monoisotopic (exact) mass is 461 g/mol. The Morgan fingerprint density at radius 2 is 1.77 bits per heavy atom. The van der Waals surface area contributed by atoms with Crippen LogP contribution in [0.2, 0.25) is 5.02 Å². The summed E-state index contributed by atoms with van der Waals surface area (Å²) in [5.41, 5.74) is 0.729. The van der Waals surface area contributed by atoms with E-state index >= 15 is 0 Å². The Labute approximate surface area is 185 Å². The summed E-state index contributed by atoms with van der Waals surface area (Å²) in [7, 11) is -1.27. The molecule has 3 rings (SSSR count). The molecule has 162 valence electrons. The maximum Gasteiger partial charge on any atom is 0.264 e. The van der Waals surface area contributed by atoms with E-state index in [9.17, 15) is 13.2 Å². The number of methoxy groups -OCH3 is 2. The number of carbonyl (C=O) groups is 1. The van der Waals surface area contributed by atoms with Gasteiger partial charge in [0, 0.05) is 17.3 Å². The first-order valence-corrected chi connectivity index (χ1v) is 10.9. The van der Waals surface area contributed by atoms with Gasteiger partial charge in [-0.3, -0.25) is 14.1 Å². The third kappa shape index (κ3) is 5.25. The summed E-state index contributed by atoms with van der Waals surface area (Å²) in [5.74, 6) is 0.0975. The molecule has 0 unspecified atom stereocenters. The van der Waals surface area contributed by atoms with Gasteiger partial charge in [0.05, 0.1) is 36.7 Å². The molecule has 0 radical (unpaired) electrons. The van der Waals surface area contributed by atoms with Gasteiger partial charge in [-0.25, -0.2) is 8.42 Å². The van der Waals surface area contributed by atoms with Gasteiger partial charge in [0.25, 0.3) is 10.0 Å². The fourth-order valence-corrected chi connectivity index (χ4v) is 4.36. The highest BCUT2D eigenvalue weighted by atomic mass is 35.5. The van der Waals surface area contributed by atoms with Crippen LogP contribution in [0.25, 0.3) is 0 Å². The number of ether oxygens (including phenoxy) is 2. The van der Waals surface area contributed by atoms with E-state index in [1.165, 1.54) is 50.7 Å². The topological polar surface area (TPSA) is 97.8 Å². The molecule has 0 bridgehead atoms. The fourth-order valence-electron chi connectivity index (χ4n) is 2.79. The average Bonchev–Trinajstić information content (AvgIpc) is 2.78. The predicted molar refractivity (Wildman–Crippen MR) is 118 cm³/mol. The van der Waals surface area contributed by atoms with Gasteiger partial charge in [-0.2, -0.15) is 0 Å². The minimum Gasteiger partial charge on any atom is -0.493 e. The lowest BCUT2D eigenvalue weighted by Gasteiger charge is -2.24. The Kier molecular flexibility index (Phi) is 6.98. The predicted octanol–water partition coefficient (Wildman–Crippen LogP) is 3.59. The second kappa shape index (κ2) is 9.67. The molecule has 1 amide bonds. The summed E-state index contributed by atoms with van der Waals surface area (Å²) in [6.45, 7) is -0.465. The number of halogens is 1. The molecule has 0 fully saturated rings. The van der Waals surface area contributed by atoms with E-state index in [1.807, 2.05) is 0 Å². The minimum absolute atomic E-state index is 0.0609. The van der Waals surface area contributed by atoms with Crippen LogP contribution in [0.4, 0.5) is 11.4 Å². The normalized spacial score (nSPS) is 10.9. The molecular weight excluding hydrogens is 442 g/mol. The highest BCUT2D eigenvalue weighted by Gasteiger charge is 2.28. The average molecular weight is 462 g/mol. The van der Waals surface area contributed by atoms with Gasteiger partial charge in [-0.1, -0.05) is 11.6 Å². The zero-order valence-electron chi connectivity index (χ0n) is 16.8. The molecule has 8 nitrogen and oxygen atoms in total. The van der Waals surface area contributed by atoms with Gasteiger partial charge in [-0.15, -0.1) is 0 Å². The summed E-state index contributed by atoms with van der Waals surface area (Å²) >= 11 is 5.95. The molecular formula is C21H20ClN3O5S. The van der Waals surface area contributed by atoms with Crippen molar-refractivity contribution >= 4 is 38.9 Å². The molecule has 0 saturated heterocycles. The Bertz CT molecular complexity index is 1160. The van der Waals surface area contributed by atoms with Crippen molar-refractivity contribution in [3.05, 3.63) is 72.0 Å². The van der Waals surface area contributed by atoms with Crippen molar-refractivity contribution in [2.75, 3.05) is 30.4 Å². The van der Waals surface area contributed by atoms with Crippen LogP contribution in [0.3, 0.4) is 0 Å². The highest BCUT2D eigenvalue weighted by Crippen LogP contribution is 2.32. The number of benzene rings is 2. The zero-order chi connectivity index (χ0) is 22.4. The number of aromatic nitrogens is 1. The first kappa shape index (κ1) is 22.4. The number of sulfonamides is 1. The zero-order valence-corrected chi connectivity index (χ0v) is 18.4. The molecule has 1 aromatic heterocycles. The number of carbonyl (C=O) groups excluding carboxylic acids is 1. The fraction of sp³-hybridized carbons (Fsp3) is 0.143. The van der Waals surface area contributed by atoms with E-state index in [4.69, 9.17) is 21.1 Å². The van der Waals surface area contributed by atoms with Gasteiger partial charge >= 0.3 is 0 Å². The number of rotatable bonds is 8. The van der Waals surface area contributed by atoms with Crippen molar-refractivity contribution in [2.45, 2.75) is 4.90 Å². The molecule has 31 heavy (non-hydrogen) atoms. The Balaban J connectivity index is 1.99. The summed E-state index contributed by atoms with van der Waals surface area (Å²) < 4.78 is 38.3. The van der Waals surface area contributed by atoms with E-state index in [0.717, 1.165) is 4.31 Å². The number of anilines is 2. The second-order valence-corrected chi connectivity index (χ2v) is 8.59. The third-order valence-electron chi connectivity index (χ3n) is 4.29. The van der Waals surface area contributed by atoms with Crippen LogP contribution in [0.5, 0.6) is 11.5 Å². The summed E-state index contributed by atoms with van der Waals surface area (Å²) in [6, 6.07) is 13.7. The number of nitrogens with zero attached hydrogens (tertiary/aromatic N) is 2. The number of hydrogen-bond donors (Lipinski definition) is 1. The van der Waals surface area contributed by atoms with Gasteiger partial charge in [0.1, 0.15) is 6.54 Å². The maximum absolute atomic E-state index is 13.5. The molecule has 10 heteroatoms. The standard InChI is InChI=1S/C21H20ClN3O5S/c1-29-19-10-9-18(12-20(19)30-2)31(27,28)25(17-7-5-15(22)6-8-17)14-21(26)24-16-4-3-11-23-13-16/h3-13H,14H2,1-2H3,(H,24,26). The van der Waals surface area contributed by atoms with Crippen molar-refractivity contribution in [2.24, 2.45) is 0 Å². The van der Waals surface area contributed by atoms with Gasteiger partial charge in [0.15, 0.2) is 11.5 Å². The minimum atomic E-state index is -4.13. The Morgan fingerprint density at radius 3 is 2.39 bits per heavy atom. The Hall–Kier alpha value is -3.30. The largest absolute Gasteiger partial charge is 0.493 e. The van der Waals surface area contributed by atoms with Crippen molar-refractivity contribution < 1.29 is 22.7 Å². The summed E-state index contributed by atoms with van der Waals surface area (Å²) in [4.78, 5) is 16.5. The number of hydrogen-bond acceptors (Lipinski definition) is 6. The summed E-state index contributed by atoms with van der Waals surface area (Å²) in [5, 5.41) is 3.08. The highest BCUT2D eigenvalue weighted by molar-refractivity contribution is 7.92. The van der Waals surface area contributed by atoms with Crippen molar-refractivity contribution in [3.63, 3.8) is 0 Å². The van der Waals surface area contributed by atoms with E-state index < -0.39 is 22.5 Å². The lowest BCUT2D eigenvalue weighted by molar-refractivity contribution is -0.114. The van der Waals surface area contributed by atoms with E-state index in [0.29, 0.717) is 16.5 Å². The van der Waals surface area contributed by atoms with Crippen LogP contribution < -0.4 is 19.1 Å². The van der Waals surface area contributed by atoms with Crippen LogP contribution >= 0.6 is 11.6 Å². The lowest BCUT2D eigenvalue weighted by atomic mass is 10.3. The molecule has 3 aromatic rings. The first-order valence-electron chi connectivity index (χ1n) is 9.05. The van der Waals surface area contributed by atoms with Crippen molar-refractivity contribution in [3.8, 4) is 11.5 Å². The molecule has 2 aromatic carbocycles. The van der Waals surface area contributed by atoms with Crippen LogP contribution in [0, 0.1) is 0 Å². The van der Waals surface area contributed by atoms with Crippen LogP contribution in [-0.4, -0.2) is 40.1 Å². The van der Waals surface area contributed by atoms with E-state index in [-0.39, 0.29) is 16.3 Å². The van der Waals surface area contributed by atoms with E-state index in [2.05, 4.69) is 10.3 Å². The molecule has 0 atom stereocenters. The maximum atomic E-state index is 13.5. The molecule has 0 saturated carbocycles. The lowest BCUT2D eigenvalue weighted by Crippen LogP contribution is -2.38. The molecule has 1 N–H and O–H groups in total. The quantitative estimate of drug-likeness (QED) is 0.550. The van der Waals surface area contributed by atoms with E-state index in [1.54, 1.807) is 30.5 Å². The molecule has 0 aliphatic heterocycles. The molecule has 0 aliphatic carbocycles. The smallest absolute Gasteiger partial charge is 0.264 e. The van der Waals surface area contributed by atoms with Gasteiger partial charge in [0.2, 0.25) is 5.91 Å². The van der Waals surface area contributed by atoms with Crippen LogP contribution in [0.1, 0.15) is 0 Å². The van der Waals surface area contributed by atoms with Crippen LogP contribution in [0.15, 0.2) is 71.9 Å². The molecule has 1 heterocycles. The molecule has 0 spiro atoms. The third-order valence-corrected chi connectivity index (χ3v) is 6.31. The number of nitrogens with one attached hydrogen (secondary N) is 1. The first-order chi connectivity index (χ1) is 14.8. The molecule has 0 aliphatic rings. The van der Waals surface area contributed by atoms with Gasteiger partial charge < -0.3 is 14.8 Å². The number of amides is 1. The number of pyridine rings is 1.